The molecule has 0 amide bonds. The summed E-state index contributed by atoms with van der Waals surface area (Å²) < 4.78 is 11.6. The molecule has 0 radical (unpaired) electrons. The van der Waals surface area contributed by atoms with Crippen LogP contribution in [0.1, 0.15) is 5.56 Å². The lowest BCUT2D eigenvalue weighted by atomic mass is 10.1. The molecule has 0 atom stereocenters. The number of nitrogens with two attached hydrogens (primary N) is 1. The summed E-state index contributed by atoms with van der Waals surface area (Å²) in [5.74, 6) is 1.93. The second-order valence-corrected chi connectivity index (χ2v) is 5.34. The van der Waals surface area contributed by atoms with Crippen LogP contribution in [0, 0.1) is 0 Å². The molecule has 0 aliphatic carbocycles. The van der Waals surface area contributed by atoms with E-state index >= 15 is 0 Å². The van der Waals surface area contributed by atoms with Crippen molar-refractivity contribution in [2.24, 2.45) is 5.73 Å². The predicted octanol–water partition coefficient (Wildman–Crippen LogP) is 4.14. The highest BCUT2D eigenvalue weighted by atomic mass is 16.5. The van der Waals surface area contributed by atoms with Crippen LogP contribution in [-0.2, 0) is 6.54 Å². The van der Waals surface area contributed by atoms with Crippen molar-refractivity contribution in [1.82, 2.24) is 9.97 Å². The number of oxazole rings is 1. The van der Waals surface area contributed by atoms with E-state index in [0.29, 0.717) is 29.5 Å². The number of aromatic nitrogens is 2. The molecule has 5 nitrogen and oxygen atoms in total. The molecule has 4 aromatic rings. The van der Waals surface area contributed by atoms with Gasteiger partial charge in [-0.2, -0.15) is 0 Å². The van der Waals surface area contributed by atoms with Crippen LogP contribution in [0.5, 0.6) is 11.5 Å². The molecule has 2 N–H and O–H groups in total. The summed E-state index contributed by atoms with van der Waals surface area (Å²) in [7, 11) is 0. The summed E-state index contributed by atoms with van der Waals surface area (Å²) in [5, 5.41) is 0. The molecule has 4 rings (SSSR count). The molecular weight excluding hydrogens is 302 g/mol. The van der Waals surface area contributed by atoms with Gasteiger partial charge >= 0.3 is 0 Å². The first kappa shape index (κ1) is 14.4. The van der Waals surface area contributed by atoms with E-state index < -0.39 is 0 Å². The molecule has 0 unspecified atom stereocenters. The van der Waals surface area contributed by atoms with Crippen molar-refractivity contribution in [2.75, 3.05) is 0 Å². The topological polar surface area (TPSA) is 74.2 Å². The van der Waals surface area contributed by atoms with Gasteiger partial charge in [0.25, 0.3) is 0 Å². The first-order chi connectivity index (χ1) is 11.8. The van der Waals surface area contributed by atoms with Crippen molar-refractivity contribution in [3.8, 4) is 23.0 Å². The Bertz CT molecular complexity index is 963. The molecule has 0 aliphatic heterocycles. The van der Waals surface area contributed by atoms with E-state index in [-0.39, 0.29) is 0 Å². The van der Waals surface area contributed by atoms with Crippen LogP contribution in [-0.4, -0.2) is 9.97 Å². The monoisotopic (exact) mass is 317 g/mol. The smallest absolute Gasteiger partial charge is 0.227 e. The minimum absolute atomic E-state index is 0.517. The maximum Gasteiger partial charge on any atom is 0.227 e. The van der Waals surface area contributed by atoms with Crippen LogP contribution in [0.3, 0.4) is 0 Å². The van der Waals surface area contributed by atoms with Crippen molar-refractivity contribution < 1.29 is 9.15 Å². The quantitative estimate of drug-likeness (QED) is 0.612. The van der Waals surface area contributed by atoms with Gasteiger partial charge in [0, 0.05) is 24.4 Å². The van der Waals surface area contributed by atoms with E-state index in [0.717, 1.165) is 16.6 Å². The fourth-order valence-electron chi connectivity index (χ4n) is 2.42. The van der Waals surface area contributed by atoms with Gasteiger partial charge in [-0.3, -0.25) is 4.98 Å². The number of benzene rings is 2. The van der Waals surface area contributed by atoms with Gasteiger partial charge in [-0.1, -0.05) is 12.1 Å². The molecular formula is C19H15N3O2. The van der Waals surface area contributed by atoms with E-state index in [1.165, 1.54) is 0 Å². The Balaban J connectivity index is 1.65. The minimum atomic E-state index is 0.517. The summed E-state index contributed by atoms with van der Waals surface area (Å²) in [6.45, 7) is 0.517. The first-order valence-electron chi connectivity index (χ1n) is 7.60. The van der Waals surface area contributed by atoms with Gasteiger partial charge < -0.3 is 14.9 Å². The largest absolute Gasteiger partial charge is 0.456 e. The molecule has 0 saturated carbocycles. The zero-order valence-electron chi connectivity index (χ0n) is 12.8. The average molecular weight is 317 g/mol. The lowest BCUT2D eigenvalue weighted by molar-refractivity contribution is 0.479. The molecule has 0 fully saturated rings. The lowest BCUT2D eigenvalue weighted by Gasteiger charge is -2.03. The minimum Gasteiger partial charge on any atom is -0.456 e. The molecule has 5 heteroatoms. The van der Waals surface area contributed by atoms with Crippen LogP contribution >= 0.6 is 0 Å². The molecule has 118 valence electrons. The fourth-order valence-corrected chi connectivity index (χ4v) is 2.42. The molecule has 0 aliphatic rings. The van der Waals surface area contributed by atoms with E-state index in [2.05, 4.69) is 9.97 Å². The maximum absolute atomic E-state index is 5.87. The number of rotatable bonds is 4. The Morgan fingerprint density at radius 3 is 2.62 bits per heavy atom. The summed E-state index contributed by atoms with van der Waals surface area (Å²) in [5.41, 5.74) is 9.07. The standard InChI is InChI=1S/C19H15N3O2/c20-11-13-3-5-14(6-4-13)19-22-17-8-7-15(10-18(17)24-19)23-16-2-1-9-21-12-16/h1-10,12H,11,20H2. The third-order valence-electron chi connectivity index (χ3n) is 3.67. The maximum atomic E-state index is 5.87. The summed E-state index contributed by atoms with van der Waals surface area (Å²) in [6, 6.07) is 17.1. The van der Waals surface area contributed by atoms with E-state index in [1.807, 2.05) is 54.6 Å². The predicted molar refractivity (Wildman–Crippen MR) is 91.6 cm³/mol. The van der Waals surface area contributed by atoms with Crippen molar-refractivity contribution in [1.29, 1.82) is 0 Å². The Labute approximate surface area is 138 Å². The van der Waals surface area contributed by atoms with Crippen molar-refractivity contribution in [2.45, 2.75) is 6.54 Å². The lowest BCUT2D eigenvalue weighted by Crippen LogP contribution is -1.95. The van der Waals surface area contributed by atoms with Gasteiger partial charge in [-0.25, -0.2) is 4.98 Å². The number of fused-ring (bicyclic) bond motifs is 1. The number of pyridine rings is 1. The zero-order valence-corrected chi connectivity index (χ0v) is 12.8. The fraction of sp³-hybridized carbons (Fsp3) is 0.0526. The Kier molecular flexibility index (Phi) is 3.69. The highest BCUT2D eigenvalue weighted by molar-refractivity contribution is 5.77. The number of ether oxygens (including phenoxy) is 1. The first-order valence-corrected chi connectivity index (χ1v) is 7.60. The van der Waals surface area contributed by atoms with Crippen LogP contribution in [0.4, 0.5) is 0 Å². The molecule has 24 heavy (non-hydrogen) atoms. The van der Waals surface area contributed by atoms with Crippen molar-refractivity contribution >= 4 is 11.1 Å². The molecule has 0 saturated heterocycles. The third kappa shape index (κ3) is 2.85. The second kappa shape index (κ2) is 6.14. The number of nitrogens with zero attached hydrogens (tertiary/aromatic N) is 2. The third-order valence-corrected chi connectivity index (χ3v) is 3.67. The Morgan fingerprint density at radius 2 is 1.88 bits per heavy atom. The van der Waals surface area contributed by atoms with E-state index in [9.17, 15) is 0 Å². The molecule has 2 heterocycles. The highest BCUT2D eigenvalue weighted by Crippen LogP contribution is 2.29. The summed E-state index contributed by atoms with van der Waals surface area (Å²) in [6.07, 6.45) is 3.36. The molecule has 2 aromatic heterocycles. The van der Waals surface area contributed by atoms with Crippen LogP contribution in [0.15, 0.2) is 71.4 Å². The highest BCUT2D eigenvalue weighted by Gasteiger charge is 2.09. The molecule has 2 aromatic carbocycles. The van der Waals surface area contributed by atoms with E-state index in [1.54, 1.807) is 12.4 Å². The molecule has 0 bridgehead atoms. The van der Waals surface area contributed by atoms with Gasteiger partial charge in [0.05, 0.1) is 6.20 Å². The van der Waals surface area contributed by atoms with Crippen molar-refractivity contribution in [3.63, 3.8) is 0 Å². The van der Waals surface area contributed by atoms with Crippen LogP contribution in [0.25, 0.3) is 22.6 Å². The average Bonchev–Trinajstić information content (AvgIpc) is 3.06. The van der Waals surface area contributed by atoms with Gasteiger partial charge in [-0.05, 0) is 42.0 Å². The van der Waals surface area contributed by atoms with E-state index in [4.69, 9.17) is 14.9 Å². The normalized spacial score (nSPS) is 10.9. The van der Waals surface area contributed by atoms with Crippen LogP contribution < -0.4 is 10.5 Å². The van der Waals surface area contributed by atoms with Gasteiger partial charge in [-0.15, -0.1) is 0 Å². The van der Waals surface area contributed by atoms with Gasteiger partial charge in [0.1, 0.15) is 17.0 Å². The van der Waals surface area contributed by atoms with Crippen molar-refractivity contribution in [3.05, 3.63) is 72.6 Å². The SMILES string of the molecule is NCc1ccc(-c2nc3ccc(Oc4cccnc4)cc3o2)cc1. The van der Waals surface area contributed by atoms with Gasteiger partial charge in [0.2, 0.25) is 5.89 Å². The Morgan fingerprint density at radius 1 is 1.00 bits per heavy atom. The Hall–Kier alpha value is -3.18. The molecule has 0 spiro atoms. The summed E-state index contributed by atoms with van der Waals surface area (Å²) >= 11 is 0. The second-order valence-electron chi connectivity index (χ2n) is 5.34. The zero-order chi connectivity index (χ0) is 16.4. The van der Waals surface area contributed by atoms with Gasteiger partial charge in [0.15, 0.2) is 5.58 Å². The number of hydrogen-bond acceptors (Lipinski definition) is 5. The summed E-state index contributed by atoms with van der Waals surface area (Å²) in [4.78, 5) is 8.55. The van der Waals surface area contributed by atoms with Crippen LogP contribution in [0.2, 0.25) is 0 Å². The number of hydrogen-bond donors (Lipinski definition) is 1.